The lowest BCUT2D eigenvalue weighted by Gasteiger charge is -2.34. The summed E-state index contributed by atoms with van der Waals surface area (Å²) in [6, 6.07) is 19.4. The molecule has 2 aromatic heterocycles. The summed E-state index contributed by atoms with van der Waals surface area (Å²) < 4.78 is 7.33. The van der Waals surface area contributed by atoms with Crippen molar-refractivity contribution in [3.05, 3.63) is 95.5 Å². The Morgan fingerprint density at radius 2 is 1.85 bits per heavy atom. The smallest absolute Gasteiger partial charge is 0.267 e. The van der Waals surface area contributed by atoms with E-state index in [1.54, 1.807) is 16.9 Å². The van der Waals surface area contributed by atoms with Gasteiger partial charge in [0.05, 0.1) is 6.26 Å². The predicted molar refractivity (Wildman–Crippen MR) is 134 cm³/mol. The van der Waals surface area contributed by atoms with E-state index in [-0.39, 0.29) is 23.8 Å². The first-order valence-electron chi connectivity index (χ1n) is 11.6. The van der Waals surface area contributed by atoms with Gasteiger partial charge in [-0.1, -0.05) is 37.3 Å². The number of furan rings is 1. The zero-order valence-electron chi connectivity index (χ0n) is 20.1. The number of carbonyl (C=O) groups excluding carboxylic acids is 2. The van der Waals surface area contributed by atoms with Gasteiger partial charge in [-0.3, -0.25) is 9.59 Å². The minimum Gasteiger partial charge on any atom is -0.464 e. The number of amides is 2. The van der Waals surface area contributed by atoms with Crippen LogP contribution in [0.4, 0.5) is 0 Å². The second-order valence-corrected chi connectivity index (χ2v) is 8.86. The van der Waals surface area contributed by atoms with Crippen molar-refractivity contribution in [2.75, 3.05) is 13.6 Å². The average molecular weight is 458 g/mol. The van der Waals surface area contributed by atoms with E-state index in [1.807, 2.05) is 74.6 Å². The molecule has 4 aromatic rings. The summed E-state index contributed by atoms with van der Waals surface area (Å²) in [6.07, 6.45) is 4.11. The quantitative estimate of drug-likeness (QED) is 0.398. The number of benzene rings is 2. The monoisotopic (exact) mass is 457 g/mol. The maximum atomic E-state index is 13.6. The van der Waals surface area contributed by atoms with Crippen molar-refractivity contribution in [3.63, 3.8) is 0 Å². The predicted octanol–water partition coefficient (Wildman–Crippen LogP) is 5.14. The molecule has 1 N–H and O–H groups in total. The molecule has 0 aliphatic heterocycles. The lowest BCUT2D eigenvalue weighted by atomic mass is 9.89. The molecule has 6 nitrogen and oxygen atoms in total. The summed E-state index contributed by atoms with van der Waals surface area (Å²) in [5, 5.41) is 4.00. The van der Waals surface area contributed by atoms with Gasteiger partial charge in [-0.05, 0) is 54.8 Å². The second kappa shape index (κ2) is 10.00. The fourth-order valence-corrected chi connectivity index (χ4v) is 4.57. The molecule has 0 saturated heterocycles. The number of hydrogen-bond acceptors (Lipinski definition) is 3. The highest BCUT2D eigenvalue weighted by Crippen LogP contribution is 2.28. The lowest BCUT2D eigenvalue weighted by Crippen LogP contribution is -2.43. The van der Waals surface area contributed by atoms with Gasteiger partial charge in [0.1, 0.15) is 11.3 Å². The number of fused-ring (bicyclic) bond motifs is 1. The molecule has 0 aliphatic rings. The second-order valence-electron chi connectivity index (χ2n) is 8.86. The average Bonchev–Trinajstić information content (AvgIpc) is 3.48. The van der Waals surface area contributed by atoms with Crippen molar-refractivity contribution in [3.8, 4) is 0 Å². The molecule has 0 radical (unpaired) electrons. The van der Waals surface area contributed by atoms with Gasteiger partial charge < -0.3 is 19.2 Å². The molecule has 0 fully saturated rings. The Balaban J connectivity index is 1.56. The Labute approximate surface area is 200 Å². The van der Waals surface area contributed by atoms with Crippen molar-refractivity contribution in [1.29, 1.82) is 0 Å². The van der Waals surface area contributed by atoms with Crippen LogP contribution >= 0.6 is 0 Å². The third-order valence-electron chi connectivity index (χ3n) is 6.65. The minimum absolute atomic E-state index is 0.0580. The molecule has 0 saturated carbocycles. The van der Waals surface area contributed by atoms with Crippen LogP contribution in [0.3, 0.4) is 0 Å². The van der Waals surface area contributed by atoms with Crippen molar-refractivity contribution < 1.29 is 14.0 Å². The third kappa shape index (κ3) is 4.76. The van der Waals surface area contributed by atoms with Crippen LogP contribution in [0.2, 0.25) is 0 Å². The topological polar surface area (TPSA) is 67.5 Å². The molecular weight excluding hydrogens is 426 g/mol. The molecule has 0 spiro atoms. The fraction of sp³-hybridized carbons (Fsp3) is 0.286. The summed E-state index contributed by atoms with van der Waals surface area (Å²) in [4.78, 5) is 28.0. The molecule has 34 heavy (non-hydrogen) atoms. The van der Waals surface area contributed by atoms with Crippen LogP contribution < -0.4 is 5.32 Å². The molecule has 0 bridgehead atoms. The zero-order chi connectivity index (χ0) is 24.2. The van der Waals surface area contributed by atoms with Gasteiger partial charge in [0.2, 0.25) is 0 Å². The minimum atomic E-state index is -0.119. The van der Waals surface area contributed by atoms with Gasteiger partial charge in [0.25, 0.3) is 11.8 Å². The van der Waals surface area contributed by atoms with Crippen LogP contribution in [-0.2, 0) is 7.05 Å². The molecule has 2 unspecified atom stereocenters. The molecule has 4 rings (SSSR count). The van der Waals surface area contributed by atoms with Gasteiger partial charge in [0.15, 0.2) is 0 Å². The van der Waals surface area contributed by atoms with E-state index in [0.29, 0.717) is 29.8 Å². The highest BCUT2D eigenvalue weighted by molar-refractivity contribution is 5.99. The Hall–Kier alpha value is -3.80. The molecule has 2 atom stereocenters. The van der Waals surface area contributed by atoms with Crippen molar-refractivity contribution >= 4 is 22.8 Å². The Kier molecular flexibility index (Phi) is 6.87. The Morgan fingerprint density at radius 3 is 2.56 bits per heavy atom. The summed E-state index contributed by atoms with van der Waals surface area (Å²) in [5.74, 6) is -0.0983. The molecule has 176 valence electrons. The first-order valence-corrected chi connectivity index (χ1v) is 11.6. The molecule has 2 amide bonds. The number of aromatic nitrogens is 1. The maximum Gasteiger partial charge on any atom is 0.267 e. The third-order valence-corrected chi connectivity index (χ3v) is 6.65. The highest BCUT2D eigenvalue weighted by atomic mass is 16.3. The van der Waals surface area contributed by atoms with Crippen molar-refractivity contribution in [2.45, 2.75) is 32.2 Å². The number of nitrogens with zero attached hydrogens (tertiary/aromatic N) is 2. The van der Waals surface area contributed by atoms with Gasteiger partial charge in [0, 0.05) is 49.7 Å². The van der Waals surface area contributed by atoms with E-state index < -0.39 is 0 Å². The Bertz CT molecular complexity index is 1290. The zero-order valence-corrected chi connectivity index (χ0v) is 20.1. The van der Waals surface area contributed by atoms with Crippen LogP contribution in [0.15, 0.2) is 77.5 Å². The Morgan fingerprint density at radius 1 is 1.09 bits per heavy atom. The highest BCUT2D eigenvalue weighted by Gasteiger charge is 2.28. The van der Waals surface area contributed by atoms with Crippen LogP contribution in [0, 0.1) is 6.92 Å². The number of carbonyl (C=O) groups is 2. The van der Waals surface area contributed by atoms with Crippen LogP contribution in [0.25, 0.3) is 11.0 Å². The molecule has 0 aliphatic carbocycles. The van der Waals surface area contributed by atoms with Gasteiger partial charge in [-0.2, -0.15) is 0 Å². The van der Waals surface area contributed by atoms with Crippen LogP contribution in [-0.4, -0.2) is 40.9 Å². The standard InChI is InChI=1S/C28H31N3O3/c1-19-17-22-13-16-34-26(22)18-23(19)28(33)31(4)24(20(2)21-9-6-5-7-10-21)12-14-29-27(32)25-11-8-15-30(25)3/h5-11,13,15-18,20,24H,12,14H2,1-4H3,(H,29,32). The van der Waals surface area contributed by atoms with E-state index in [9.17, 15) is 9.59 Å². The van der Waals surface area contributed by atoms with Crippen LogP contribution in [0.5, 0.6) is 0 Å². The van der Waals surface area contributed by atoms with Gasteiger partial charge >= 0.3 is 0 Å². The number of aryl methyl sites for hydroxylation is 2. The normalized spacial score (nSPS) is 12.9. The fourth-order valence-electron chi connectivity index (χ4n) is 4.57. The number of hydrogen-bond donors (Lipinski definition) is 1. The number of rotatable bonds is 8. The van der Waals surface area contributed by atoms with E-state index >= 15 is 0 Å². The lowest BCUT2D eigenvalue weighted by molar-refractivity contribution is 0.0701. The first-order chi connectivity index (χ1) is 16.4. The summed E-state index contributed by atoms with van der Waals surface area (Å²) in [6.45, 7) is 4.54. The largest absolute Gasteiger partial charge is 0.464 e. The van der Waals surface area contributed by atoms with E-state index in [4.69, 9.17) is 4.42 Å². The molecule has 2 heterocycles. The van der Waals surface area contributed by atoms with E-state index in [1.165, 1.54) is 0 Å². The van der Waals surface area contributed by atoms with E-state index in [0.717, 1.165) is 16.5 Å². The SMILES string of the molecule is Cc1cc2ccoc2cc1C(=O)N(C)C(CCNC(=O)c1cccn1C)C(C)c1ccccc1. The number of likely N-dealkylation sites (N-methyl/N-ethyl adjacent to an activating group) is 1. The van der Waals surface area contributed by atoms with E-state index in [2.05, 4.69) is 24.4 Å². The summed E-state index contributed by atoms with van der Waals surface area (Å²) >= 11 is 0. The van der Waals surface area contributed by atoms with Crippen molar-refractivity contribution in [2.24, 2.45) is 7.05 Å². The molecule has 6 heteroatoms. The number of nitrogens with one attached hydrogen (secondary N) is 1. The van der Waals surface area contributed by atoms with Crippen molar-refractivity contribution in [1.82, 2.24) is 14.8 Å². The summed E-state index contributed by atoms with van der Waals surface area (Å²) in [5.41, 5.74) is 4.00. The van der Waals surface area contributed by atoms with Gasteiger partial charge in [-0.15, -0.1) is 0 Å². The van der Waals surface area contributed by atoms with Crippen LogP contribution in [0.1, 0.15) is 51.2 Å². The molecule has 2 aromatic carbocycles. The first kappa shape index (κ1) is 23.4. The summed E-state index contributed by atoms with van der Waals surface area (Å²) in [7, 11) is 3.69. The van der Waals surface area contributed by atoms with Gasteiger partial charge in [-0.25, -0.2) is 0 Å². The maximum absolute atomic E-state index is 13.6. The molecular formula is C28H31N3O3.